The summed E-state index contributed by atoms with van der Waals surface area (Å²) in [5.41, 5.74) is 0.242. The van der Waals surface area contributed by atoms with E-state index in [0.29, 0.717) is 18.8 Å². The van der Waals surface area contributed by atoms with Crippen LogP contribution in [-0.4, -0.2) is 54.9 Å². The van der Waals surface area contributed by atoms with Gasteiger partial charge in [0.25, 0.3) is 0 Å². The highest BCUT2D eigenvalue weighted by Crippen LogP contribution is 2.16. The lowest BCUT2D eigenvalue weighted by atomic mass is 10.2. The molecule has 1 aromatic carbocycles. The van der Waals surface area contributed by atoms with Crippen molar-refractivity contribution in [2.45, 2.75) is 13.0 Å². The Balaban J connectivity index is 1.92. The van der Waals surface area contributed by atoms with Crippen LogP contribution in [0.25, 0.3) is 0 Å². The third-order valence-corrected chi connectivity index (χ3v) is 3.41. The van der Waals surface area contributed by atoms with Gasteiger partial charge in [-0.3, -0.25) is 4.90 Å². The molecule has 0 aromatic heterocycles. The van der Waals surface area contributed by atoms with Gasteiger partial charge in [0.1, 0.15) is 5.82 Å². The second-order valence-corrected chi connectivity index (χ2v) is 4.77. The van der Waals surface area contributed by atoms with E-state index in [1.807, 2.05) is 0 Å². The summed E-state index contributed by atoms with van der Waals surface area (Å²) in [6.45, 7) is 6.00. The highest BCUT2D eigenvalue weighted by atomic mass is 19.1. The lowest BCUT2D eigenvalue weighted by Crippen LogP contribution is -2.45. The number of halogens is 1. The first-order chi connectivity index (χ1) is 9.60. The third kappa shape index (κ3) is 3.68. The minimum absolute atomic E-state index is 0.0160. The van der Waals surface area contributed by atoms with Crippen molar-refractivity contribution in [1.82, 2.24) is 4.90 Å². The van der Waals surface area contributed by atoms with Gasteiger partial charge >= 0.3 is 5.97 Å². The molecule has 0 aliphatic carbocycles. The first-order valence-corrected chi connectivity index (χ1v) is 6.70. The van der Waals surface area contributed by atoms with Crippen molar-refractivity contribution in [1.29, 1.82) is 0 Å². The topological polar surface area (TPSA) is 61.8 Å². The number of hydrogen-bond donors (Lipinski definition) is 2. The highest BCUT2D eigenvalue weighted by molar-refractivity contribution is 5.88. The van der Waals surface area contributed by atoms with Gasteiger partial charge in [-0.1, -0.05) is 6.92 Å². The maximum atomic E-state index is 13.7. The van der Waals surface area contributed by atoms with Crippen molar-refractivity contribution in [2.24, 2.45) is 0 Å². The van der Waals surface area contributed by atoms with Crippen LogP contribution < -0.4 is 5.32 Å². The van der Waals surface area contributed by atoms with Crippen molar-refractivity contribution in [2.75, 3.05) is 38.1 Å². The number of morpholine rings is 1. The molecule has 0 spiro atoms. The van der Waals surface area contributed by atoms with E-state index >= 15 is 0 Å². The average molecular weight is 282 g/mol. The Morgan fingerprint density at radius 1 is 1.60 bits per heavy atom. The number of anilines is 1. The van der Waals surface area contributed by atoms with Crippen LogP contribution in [0, 0.1) is 5.82 Å². The van der Waals surface area contributed by atoms with Crippen molar-refractivity contribution in [3.63, 3.8) is 0 Å². The molecule has 0 radical (unpaired) electrons. The number of ether oxygens (including phenoxy) is 1. The molecule has 1 fully saturated rings. The standard InChI is InChI=1S/C14H19FN2O3/c1-2-17-5-6-20-11(9-17)8-16-13-4-3-10(14(18)19)7-12(13)15/h3-4,7,11,16H,2,5-6,8-9H2,1H3,(H,18,19). The minimum atomic E-state index is -1.13. The van der Waals surface area contributed by atoms with Gasteiger partial charge in [-0.2, -0.15) is 0 Å². The number of rotatable bonds is 5. The van der Waals surface area contributed by atoms with Crippen LogP contribution in [-0.2, 0) is 4.74 Å². The Kier molecular flexibility index (Phi) is 4.92. The zero-order valence-electron chi connectivity index (χ0n) is 11.4. The number of likely N-dealkylation sites (N-methyl/N-ethyl adjacent to an activating group) is 1. The molecule has 2 N–H and O–H groups in total. The van der Waals surface area contributed by atoms with Crippen LogP contribution in [0.15, 0.2) is 18.2 Å². The van der Waals surface area contributed by atoms with E-state index in [-0.39, 0.29) is 11.7 Å². The fourth-order valence-electron chi connectivity index (χ4n) is 2.21. The fourth-order valence-corrected chi connectivity index (χ4v) is 2.21. The summed E-state index contributed by atoms with van der Waals surface area (Å²) in [4.78, 5) is 13.0. The molecule has 1 saturated heterocycles. The van der Waals surface area contributed by atoms with E-state index in [2.05, 4.69) is 17.1 Å². The van der Waals surface area contributed by atoms with E-state index < -0.39 is 11.8 Å². The Morgan fingerprint density at radius 2 is 2.40 bits per heavy atom. The smallest absolute Gasteiger partial charge is 0.335 e. The molecule has 5 nitrogen and oxygen atoms in total. The molecule has 0 amide bonds. The zero-order chi connectivity index (χ0) is 14.5. The Hall–Kier alpha value is -1.66. The molecule has 1 unspecified atom stereocenters. The van der Waals surface area contributed by atoms with Crippen LogP contribution in [0.2, 0.25) is 0 Å². The third-order valence-electron chi connectivity index (χ3n) is 3.41. The molecule has 20 heavy (non-hydrogen) atoms. The van der Waals surface area contributed by atoms with Crippen LogP contribution in [0.4, 0.5) is 10.1 Å². The van der Waals surface area contributed by atoms with E-state index in [9.17, 15) is 9.18 Å². The number of aromatic carboxylic acids is 1. The molecule has 6 heteroatoms. The second-order valence-electron chi connectivity index (χ2n) is 4.77. The highest BCUT2D eigenvalue weighted by Gasteiger charge is 2.19. The van der Waals surface area contributed by atoms with Crippen molar-refractivity contribution < 1.29 is 19.0 Å². The summed E-state index contributed by atoms with van der Waals surface area (Å²) in [5.74, 6) is -1.70. The number of benzene rings is 1. The molecule has 110 valence electrons. The van der Waals surface area contributed by atoms with Gasteiger partial charge in [0.05, 0.1) is 24.0 Å². The lowest BCUT2D eigenvalue weighted by molar-refractivity contribution is -0.0192. The van der Waals surface area contributed by atoms with Gasteiger partial charge < -0.3 is 15.2 Å². The second kappa shape index (κ2) is 6.67. The van der Waals surface area contributed by atoms with Gasteiger partial charge in [-0.25, -0.2) is 9.18 Å². The molecular weight excluding hydrogens is 263 g/mol. The SMILES string of the molecule is CCN1CCOC(CNc2ccc(C(=O)O)cc2F)C1. The van der Waals surface area contributed by atoms with E-state index in [0.717, 1.165) is 25.7 Å². The molecule has 2 rings (SSSR count). The summed E-state index contributed by atoms with van der Waals surface area (Å²) >= 11 is 0. The largest absolute Gasteiger partial charge is 0.478 e. The fraction of sp³-hybridized carbons (Fsp3) is 0.500. The predicted octanol–water partition coefficient (Wildman–Crippen LogP) is 1.66. The summed E-state index contributed by atoms with van der Waals surface area (Å²) in [6, 6.07) is 3.85. The van der Waals surface area contributed by atoms with Gasteiger partial charge in [0.15, 0.2) is 0 Å². The van der Waals surface area contributed by atoms with Gasteiger partial charge in [0, 0.05) is 19.6 Å². The monoisotopic (exact) mass is 282 g/mol. The van der Waals surface area contributed by atoms with E-state index in [4.69, 9.17) is 9.84 Å². The van der Waals surface area contributed by atoms with Crippen LogP contribution in [0.3, 0.4) is 0 Å². The molecule has 1 heterocycles. The molecule has 1 aromatic rings. The molecule has 1 atom stereocenters. The molecule has 0 saturated carbocycles. The Bertz CT molecular complexity index is 481. The van der Waals surface area contributed by atoms with Crippen LogP contribution in [0.5, 0.6) is 0 Å². The number of hydrogen-bond acceptors (Lipinski definition) is 4. The normalized spacial score (nSPS) is 19.8. The van der Waals surface area contributed by atoms with Gasteiger partial charge in [-0.15, -0.1) is 0 Å². The van der Waals surface area contributed by atoms with Crippen LogP contribution >= 0.6 is 0 Å². The maximum Gasteiger partial charge on any atom is 0.335 e. The van der Waals surface area contributed by atoms with Crippen LogP contribution in [0.1, 0.15) is 17.3 Å². The lowest BCUT2D eigenvalue weighted by Gasteiger charge is -2.32. The predicted molar refractivity (Wildman–Crippen MR) is 73.7 cm³/mol. The maximum absolute atomic E-state index is 13.7. The summed E-state index contributed by atoms with van der Waals surface area (Å²) in [5, 5.41) is 11.8. The Morgan fingerprint density at radius 3 is 3.05 bits per heavy atom. The quantitative estimate of drug-likeness (QED) is 0.860. The number of nitrogens with one attached hydrogen (secondary N) is 1. The van der Waals surface area contributed by atoms with Crippen molar-refractivity contribution in [3.8, 4) is 0 Å². The molecule has 1 aliphatic heterocycles. The number of carboxylic acid groups (broad SMARTS) is 1. The number of carboxylic acids is 1. The summed E-state index contributed by atoms with van der Waals surface area (Å²) < 4.78 is 19.3. The van der Waals surface area contributed by atoms with E-state index in [1.54, 1.807) is 0 Å². The Labute approximate surface area is 117 Å². The van der Waals surface area contributed by atoms with Gasteiger partial charge in [0.2, 0.25) is 0 Å². The van der Waals surface area contributed by atoms with Crippen molar-refractivity contribution in [3.05, 3.63) is 29.6 Å². The number of nitrogens with zero attached hydrogens (tertiary/aromatic N) is 1. The first kappa shape index (κ1) is 14.7. The number of carbonyl (C=O) groups is 1. The minimum Gasteiger partial charge on any atom is -0.478 e. The first-order valence-electron chi connectivity index (χ1n) is 6.70. The van der Waals surface area contributed by atoms with Crippen molar-refractivity contribution >= 4 is 11.7 Å². The molecular formula is C14H19FN2O3. The van der Waals surface area contributed by atoms with E-state index in [1.165, 1.54) is 12.1 Å². The zero-order valence-corrected chi connectivity index (χ0v) is 11.4. The molecule has 1 aliphatic rings. The summed E-state index contributed by atoms with van der Waals surface area (Å²) in [7, 11) is 0. The summed E-state index contributed by atoms with van der Waals surface area (Å²) in [6.07, 6.45) is 0.0160. The van der Waals surface area contributed by atoms with Gasteiger partial charge in [-0.05, 0) is 24.7 Å². The average Bonchev–Trinajstić information content (AvgIpc) is 2.46. The molecule has 0 bridgehead atoms.